The van der Waals surface area contributed by atoms with Crippen LogP contribution < -0.4 is 0 Å². The van der Waals surface area contributed by atoms with Gasteiger partial charge in [-0.3, -0.25) is 0 Å². The van der Waals surface area contributed by atoms with E-state index in [0.29, 0.717) is 24.9 Å². The summed E-state index contributed by atoms with van der Waals surface area (Å²) in [5, 5.41) is 9.12. The first-order chi connectivity index (χ1) is 9.89. The zero-order chi connectivity index (χ0) is 15.2. The molecule has 3 rings (SSSR count). The molecule has 0 bridgehead atoms. The summed E-state index contributed by atoms with van der Waals surface area (Å²) in [6.07, 6.45) is 3.13. The van der Waals surface area contributed by atoms with E-state index in [2.05, 4.69) is 0 Å². The van der Waals surface area contributed by atoms with Crippen molar-refractivity contribution < 1.29 is 22.7 Å². The summed E-state index contributed by atoms with van der Waals surface area (Å²) >= 11 is 0. The smallest absolute Gasteiger partial charge is 0.337 e. The number of sulfonamides is 1. The Labute approximate surface area is 122 Å². The SMILES string of the molecule is O=C(O)c1ccc(F)cc1S(=O)(=O)N1CC2CCCC2C1. The number of halogens is 1. The number of hydrogen-bond acceptors (Lipinski definition) is 3. The molecule has 2 aliphatic rings. The second-order valence-electron chi connectivity index (χ2n) is 5.72. The van der Waals surface area contributed by atoms with Crippen molar-refractivity contribution in [1.82, 2.24) is 4.31 Å². The van der Waals surface area contributed by atoms with Gasteiger partial charge in [0.25, 0.3) is 0 Å². The van der Waals surface area contributed by atoms with Gasteiger partial charge in [0.05, 0.1) is 10.5 Å². The highest BCUT2D eigenvalue weighted by Crippen LogP contribution is 2.40. The Morgan fingerprint density at radius 3 is 2.43 bits per heavy atom. The Morgan fingerprint density at radius 1 is 1.24 bits per heavy atom. The minimum Gasteiger partial charge on any atom is -0.478 e. The van der Waals surface area contributed by atoms with Crippen LogP contribution in [0.1, 0.15) is 29.6 Å². The van der Waals surface area contributed by atoms with Crippen LogP contribution in [0.25, 0.3) is 0 Å². The van der Waals surface area contributed by atoms with Gasteiger partial charge in [0.2, 0.25) is 10.0 Å². The third kappa shape index (κ3) is 2.44. The van der Waals surface area contributed by atoms with E-state index in [4.69, 9.17) is 5.11 Å². The molecular weight excluding hydrogens is 297 g/mol. The van der Waals surface area contributed by atoms with Crippen LogP contribution in [0.4, 0.5) is 4.39 Å². The molecular formula is C14H16FNO4S. The molecule has 0 radical (unpaired) electrons. The minimum atomic E-state index is -3.97. The van der Waals surface area contributed by atoms with Crippen LogP contribution in [0.2, 0.25) is 0 Å². The summed E-state index contributed by atoms with van der Waals surface area (Å²) in [5.41, 5.74) is -0.381. The zero-order valence-corrected chi connectivity index (χ0v) is 12.1. The van der Waals surface area contributed by atoms with Crippen LogP contribution in [-0.2, 0) is 10.0 Å². The Bertz CT molecular complexity index is 676. The molecule has 1 N–H and O–H groups in total. The van der Waals surface area contributed by atoms with Gasteiger partial charge >= 0.3 is 5.97 Å². The number of nitrogens with zero attached hydrogens (tertiary/aromatic N) is 1. The first-order valence-electron chi connectivity index (χ1n) is 6.92. The van der Waals surface area contributed by atoms with E-state index in [1.54, 1.807) is 0 Å². The molecule has 2 unspecified atom stereocenters. The number of rotatable bonds is 3. The van der Waals surface area contributed by atoms with E-state index in [1.165, 1.54) is 4.31 Å². The fraction of sp³-hybridized carbons (Fsp3) is 0.500. The van der Waals surface area contributed by atoms with E-state index in [9.17, 15) is 17.6 Å². The number of carbonyl (C=O) groups is 1. The maximum absolute atomic E-state index is 13.4. The second kappa shape index (κ2) is 5.06. The minimum absolute atomic E-state index is 0.349. The lowest BCUT2D eigenvalue weighted by Gasteiger charge is -2.18. The van der Waals surface area contributed by atoms with Crippen molar-refractivity contribution in [3.8, 4) is 0 Å². The Morgan fingerprint density at radius 2 is 1.86 bits per heavy atom. The number of carboxylic acids is 1. The monoisotopic (exact) mass is 313 g/mol. The summed E-state index contributed by atoms with van der Waals surface area (Å²) in [4.78, 5) is 10.7. The third-order valence-corrected chi connectivity index (χ3v) is 6.36. The van der Waals surface area contributed by atoms with Crippen molar-refractivity contribution in [3.05, 3.63) is 29.6 Å². The predicted molar refractivity (Wildman–Crippen MR) is 72.9 cm³/mol. The molecule has 5 nitrogen and oxygen atoms in total. The molecule has 1 saturated carbocycles. The van der Waals surface area contributed by atoms with Gasteiger partial charge in [0.15, 0.2) is 0 Å². The van der Waals surface area contributed by atoms with Crippen molar-refractivity contribution >= 4 is 16.0 Å². The quantitative estimate of drug-likeness (QED) is 0.925. The van der Waals surface area contributed by atoms with Crippen molar-refractivity contribution in [3.63, 3.8) is 0 Å². The number of carboxylic acid groups (broad SMARTS) is 1. The molecule has 0 spiro atoms. The van der Waals surface area contributed by atoms with E-state index in [0.717, 1.165) is 37.5 Å². The van der Waals surface area contributed by atoms with Gasteiger partial charge in [-0.05, 0) is 42.9 Å². The van der Waals surface area contributed by atoms with Gasteiger partial charge < -0.3 is 5.11 Å². The Kier molecular flexibility index (Phi) is 3.49. The van der Waals surface area contributed by atoms with Crippen LogP contribution >= 0.6 is 0 Å². The zero-order valence-electron chi connectivity index (χ0n) is 11.3. The first kappa shape index (κ1) is 14.5. The normalized spacial score (nSPS) is 26.0. The topological polar surface area (TPSA) is 74.7 Å². The van der Waals surface area contributed by atoms with Crippen LogP contribution in [-0.4, -0.2) is 36.9 Å². The van der Waals surface area contributed by atoms with Gasteiger partial charge in [-0.1, -0.05) is 6.42 Å². The third-order valence-electron chi connectivity index (χ3n) is 4.48. The van der Waals surface area contributed by atoms with Gasteiger partial charge in [0, 0.05) is 13.1 Å². The lowest BCUT2D eigenvalue weighted by molar-refractivity contribution is 0.0692. The van der Waals surface area contributed by atoms with Crippen LogP contribution in [0.3, 0.4) is 0 Å². The summed E-state index contributed by atoms with van der Waals surface area (Å²) in [6, 6.07) is 2.76. The summed E-state index contributed by atoms with van der Waals surface area (Å²) in [6.45, 7) is 0.811. The number of aromatic carboxylic acids is 1. The highest BCUT2D eigenvalue weighted by atomic mass is 32.2. The lowest BCUT2D eigenvalue weighted by atomic mass is 10.0. The highest BCUT2D eigenvalue weighted by molar-refractivity contribution is 7.89. The molecule has 2 fully saturated rings. The molecule has 1 aromatic carbocycles. The van der Waals surface area contributed by atoms with E-state index < -0.39 is 26.7 Å². The van der Waals surface area contributed by atoms with Crippen molar-refractivity contribution in [2.45, 2.75) is 24.2 Å². The molecule has 1 saturated heterocycles. The van der Waals surface area contributed by atoms with E-state index >= 15 is 0 Å². The number of benzene rings is 1. The molecule has 1 aliphatic carbocycles. The van der Waals surface area contributed by atoms with E-state index in [-0.39, 0.29) is 5.56 Å². The fourth-order valence-electron chi connectivity index (χ4n) is 3.41. The Hall–Kier alpha value is -1.47. The van der Waals surface area contributed by atoms with Gasteiger partial charge in [0.1, 0.15) is 5.82 Å². The second-order valence-corrected chi connectivity index (χ2v) is 7.63. The highest BCUT2D eigenvalue weighted by Gasteiger charge is 2.42. The molecule has 1 heterocycles. The van der Waals surface area contributed by atoms with Crippen LogP contribution in [0.5, 0.6) is 0 Å². The maximum Gasteiger partial charge on any atom is 0.337 e. The predicted octanol–water partition coefficient (Wildman–Crippen LogP) is 1.94. The van der Waals surface area contributed by atoms with Crippen LogP contribution in [0.15, 0.2) is 23.1 Å². The molecule has 21 heavy (non-hydrogen) atoms. The summed E-state index contributed by atoms with van der Waals surface area (Å²) in [5.74, 6) is -1.42. The largest absolute Gasteiger partial charge is 0.478 e. The molecule has 2 atom stereocenters. The number of hydrogen-bond donors (Lipinski definition) is 1. The van der Waals surface area contributed by atoms with Gasteiger partial charge in [-0.2, -0.15) is 4.31 Å². The van der Waals surface area contributed by atoms with Gasteiger partial charge in [-0.25, -0.2) is 17.6 Å². The molecule has 0 aromatic heterocycles. The first-order valence-corrected chi connectivity index (χ1v) is 8.36. The van der Waals surface area contributed by atoms with Crippen molar-refractivity contribution in [2.75, 3.05) is 13.1 Å². The summed E-state index contributed by atoms with van der Waals surface area (Å²) in [7, 11) is -3.97. The van der Waals surface area contributed by atoms with Crippen molar-refractivity contribution in [1.29, 1.82) is 0 Å². The summed E-state index contributed by atoms with van der Waals surface area (Å²) < 4.78 is 40.0. The van der Waals surface area contributed by atoms with Crippen LogP contribution in [0, 0.1) is 17.7 Å². The van der Waals surface area contributed by atoms with Gasteiger partial charge in [-0.15, -0.1) is 0 Å². The lowest BCUT2D eigenvalue weighted by Crippen LogP contribution is -2.31. The standard InChI is InChI=1S/C14H16FNO4S/c15-11-4-5-12(14(17)18)13(6-11)21(19,20)16-7-9-2-1-3-10(9)8-16/h4-6,9-10H,1-3,7-8H2,(H,17,18). The van der Waals surface area contributed by atoms with E-state index in [1.807, 2.05) is 0 Å². The molecule has 0 amide bonds. The number of fused-ring (bicyclic) bond motifs is 1. The van der Waals surface area contributed by atoms with Crippen molar-refractivity contribution in [2.24, 2.45) is 11.8 Å². The average Bonchev–Trinajstić information content (AvgIpc) is 2.98. The fourth-order valence-corrected chi connectivity index (χ4v) is 5.16. The molecule has 1 aliphatic heterocycles. The molecule has 1 aromatic rings. The molecule has 114 valence electrons. The maximum atomic E-state index is 13.4. The average molecular weight is 313 g/mol. The Balaban J connectivity index is 1.99. The molecule has 7 heteroatoms.